The zero-order valence-corrected chi connectivity index (χ0v) is 7.04. The van der Waals surface area contributed by atoms with Gasteiger partial charge in [0.25, 0.3) is 0 Å². The Morgan fingerprint density at radius 1 is 1.70 bits per heavy atom. The molecule has 58 valence electrons. The van der Waals surface area contributed by atoms with Crippen LogP contribution in [0.2, 0.25) is 0 Å². The summed E-state index contributed by atoms with van der Waals surface area (Å²) in [7, 11) is 1.91. The van der Waals surface area contributed by atoms with Crippen LogP contribution in [-0.4, -0.2) is 24.8 Å². The monoisotopic (exact) mass is 140 g/mol. The third kappa shape index (κ3) is 3.28. The molecule has 0 aromatic rings. The molecule has 0 saturated heterocycles. The number of rotatable bonds is 4. The van der Waals surface area contributed by atoms with E-state index in [2.05, 4.69) is 37.8 Å². The van der Waals surface area contributed by atoms with Crippen LogP contribution in [0.15, 0.2) is 17.3 Å². The SMILES string of the molecule is C=NN(C)C(C)C=CCC. The van der Waals surface area contributed by atoms with E-state index < -0.39 is 0 Å². The molecular weight excluding hydrogens is 124 g/mol. The van der Waals surface area contributed by atoms with Gasteiger partial charge in [-0.2, -0.15) is 5.10 Å². The summed E-state index contributed by atoms with van der Waals surface area (Å²) >= 11 is 0. The van der Waals surface area contributed by atoms with Gasteiger partial charge in [-0.15, -0.1) is 0 Å². The number of likely N-dealkylation sites (N-methyl/N-ethyl adjacent to an activating group) is 1. The van der Waals surface area contributed by atoms with Gasteiger partial charge in [0.15, 0.2) is 0 Å². The highest BCUT2D eigenvalue weighted by molar-refractivity contribution is 5.22. The van der Waals surface area contributed by atoms with Crippen LogP contribution >= 0.6 is 0 Å². The molecule has 0 aromatic carbocycles. The third-order valence-corrected chi connectivity index (χ3v) is 1.46. The maximum atomic E-state index is 3.77. The first-order valence-corrected chi connectivity index (χ1v) is 3.58. The Labute approximate surface area is 63.2 Å². The number of allylic oxidation sites excluding steroid dienone is 1. The lowest BCUT2D eigenvalue weighted by Gasteiger charge is -2.16. The van der Waals surface area contributed by atoms with Crippen molar-refractivity contribution in [3.05, 3.63) is 12.2 Å². The summed E-state index contributed by atoms with van der Waals surface area (Å²) in [6, 6.07) is 0.359. The molecule has 1 atom stereocenters. The van der Waals surface area contributed by atoms with E-state index in [-0.39, 0.29) is 0 Å². The largest absolute Gasteiger partial charge is 0.294 e. The van der Waals surface area contributed by atoms with Crippen molar-refractivity contribution >= 4 is 6.72 Å². The Balaban J connectivity index is 3.70. The fourth-order valence-electron chi connectivity index (χ4n) is 0.586. The molecule has 0 bridgehead atoms. The molecule has 10 heavy (non-hydrogen) atoms. The van der Waals surface area contributed by atoms with Crippen molar-refractivity contribution in [2.75, 3.05) is 7.05 Å². The van der Waals surface area contributed by atoms with Crippen molar-refractivity contribution in [2.45, 2.75) is 26.3 Å². The van der Waals surface area contributed by atoms with Gasteiger partial charge in [0.2, 0.25) is 0 Å². The average molecular weight is 140 g/mol. The van der Waals surface area contributed by atoms with E-state index in [1.54, 1.807) is 0 Å². The van der Waals surface area contributed by atoms with Crippen LogP contribution in [0.5, 0.6) is 0 Å². The van der Waals surface area contributed by atoms with Crippen molar-refractivity contribution < 1.29 is 0 Å². The van der Waals surface area contributed by atoms with E-state index in [0.717, 1.165) is 6.42 Å². The molecule has 2 nitrogen and oxygen atoms in total. The zero-order valence-electron chi connectivity index (χ0n) is 7.04. The summed E-state index contributed by atoms with van der Waals surface area (Å²) in [6.07, 6.45) is 5.33. The first-order chi connectivity index (χ1) is 4.72. The fraction of sp³-hybridized carbons (Fsp3) is 0.625. The first kappa shape index (κ1) is 9.21. The molecule has 0 heterocycles. The predicted octanol–water partition coefficient (Wildman–Crippen LogP) is 1.89. The summed E-state index contributed by atoms with van der Waals surface area (Å²) in [6.45, 7) is 7.63. The van der Waals surface area contributed by atoms with E-state index in [1.807, 2.05) is 12.1 Å². The molecule has 2 heteroatoms. The van der Waals surface area contributed by atoms with Crippen LogP contribution < -0.4 is 0 Å². The summed E-state index contributed by atoms with van der Waals surface area (Å²) in [5, 5.41) is 5.60. The summed E-state index contributed by atoms with van der Waals surface area (Å²) in [5.41, 5.74) is 0. The smallest absolute Gasteiger partial charge is 0.0619 e. The molecule has 0 fully saturated rings. The van der Waals surface area contributed by atoms with Gasteiger partial charge in [0.1, 0.15) is 0 Å². The molecule has 0 aromatic heterocycles. The van der Waals surface area contributed by atoms with Gasteiger partial charge in [-0.3, -0.25) is 5.01 Å². The lowest BCUT2D eigenvalue weighted by Crippen LogP contribution is -2.20. The second kappa shape index (κ2) is 5.03. The van der Waals surface area contributed by atoms with Gasteiger partial charge in [0, 0.05) is 13.8 Å². The number of hydrogen-bond acceptors (Lipinski definition) is 2. The van der Waals surface area contributed by atoms with Crippen molar-refractivity contribution in [1.82, 2.24) is 5.01 Å². The summed E-state index contributed by atoms with van der Waals surface area (Å²) < 4.78 is 0. The second-order valence-corrected chi connectivity index (χ2v) is 2.29. The minimum Gasteiger partial charge on any atom is -0.294 e. The molecule has 0 saturated carbocycles. The molecule has 0 spiro atoms. The van der Waals surface area contributed by atoms with Gasteiger partial charge < -0.3 is 0 Å². The Morgan fingerprint density at radius 2 is 2.30 bits per heavy atom. The molecule has 1 unspecified atom stereocenters. The second-order valence-electron chi connectivity index (χ2n) is 2.29. The highest BCUT2D eigenvalue weighted by atomic mass is 15.4. The zero-order chi connectivity index (χ0) is 7.98. The van der Waals surface area contributed by atoms with E-state index in [4.69, 9.17) is 0 Å². The van der Waals surface area contributed by atoms with Crippen molar-refractivity contribution in [1.29, 1.82) is 0 Å². The van der Waals surface area contributed by atoms with Crippen molar-refractivity contribution in [3.8, 4) is 0 Å². The lowest BCUT2D eigenvalue weighted by molar-refractivity contribution is 0.316. The lowest BCUT2D eigenvalue weighted by atomic mass is 10.3. The molecule has 0 aliphatic carbocycles. The van der Waals surface area contributed by atoms with Gasteiger partial charge in [0.05, 0.1) is 6.04 Å². The van der Waals surface area contributed by atoms with Crippen LogP contribution in [0.4, 0.5) is 0 Å². The van der Waals surface area contributed by atoms with Gasteiger partial charge in [-0.05, 0) is 13.3 Å². The van der Waals surface area contributed by atoms with Crippen LogP contribution in [0.25, 0.3) is 0 Å². The minimum absolute atomic E-state index is 0.359. The van der Waals surface area contributed by atoms with Crippen molar-refractivity contribution in [3.63, 3.8) is 0 Å². The predicted molar refractivity (Wildman–Crippen MR) is 46.2 cm³/mol. The van der Waals surface area contributed by atoms with E-state index in [1.165, 1.54) is 0 Å². The summed E-state index contributed by atoms with van der Waals surface area (Å²) in [5.74, 6) is 0. The van der Waals surface area contributed by atoms with E-state index in [0.29, 0.717) is 6.04 Å². The third-order valence-electron chi connectivity index (χ3n) is 1.46. The molecule has 0 rings (SSSR count). The Bertz CT molecular complexity index is 118. The van der Waals surface area contributed by atoms with Gasteiger partial charge in [-0.25, -0.2) is 0 Å². The maximum Gasteiger partial charge on any atom is 0.0619 e. The van der Waals surface area contributed by atoms with E-state index in [9.17, 15) is 0 Å². The molecule has 0 N–H and O–H groups in total. The quantitative estimate of drug-likeness (QED) is 0.331. The minimum atomic E-state index is 0.359. The van der Waals surface area contributed by atoms with Crippen molar-refractivity contribution in [2.24, 2.45) is 5.10 Å². The Kier molecular flexibility index (Phi) is 4.63. The summed E-state index contributed by atoms with van der Waals surface area (Å²) in [4.78, 5) is 0. The van der Waals surface area contributed by atoms with Crippen LogP contribution in [0.3, 0.4) is 0 Å². The maximum absolute atomic E-state index is 3.77. The van der Waals surface area contributed by atoms with Gasteiger partial charge in [-0.1, -0.05) is 19.1 Å². The van der Waals surface area contributed by atoms with Gasteiger partial charge >= 0.3 is 0 Å². The molecular formula is C8H16N2. The van der Waals surface area contributed by atoms with Crippen LogP contribution in [0, 0.1) is 0 Å². The number of nitrogens with zero attached hydrogens (tertiary/aromatic N) is 2. The highest BCUT2D eigenvalue weighted by Crippen LogP contribution is 1.97. The molecule has 0 aliphatic heterocycles. The van der Waals surface area contributed by atoms with E-state index >= 15 is 0 Å². The first-order valence-electron chi connectivity index (χ1n) is 3.58. The Hall–Kier alpha value is -0.790. The van der Waals surface area contributed by atoms with Crippen LogP contribution in [0.1, 0.15) is 20.3 Å². The molecule has 0 aliphatic rings. The highest BCUT2D eigenvalue weighted by Gasteiger charge is 1.97. The normalized spacial score (nSPS) is 13.5. The average Bonchev–Trinajstić information content (AvgIpc) is 1.98. The molecule has 0 amide bonds. The molecule has 0 radical (unpaired) electrons. The fourth-order valence-corrected chi connectivity index (χ4v) is 0.586. The Morgan fingerprint density at radius 3 is 2.70 bits per heavy atom. The number of hydrazone groups is 1. The topological polar surface area (TPSA) is 15.6 Å². The number of hydrogen-bond donors (Lipinski definition) is 0. The van der Waals surface area contributed by atoms with Crippen LogP contribution in [-0.2, 0) is 0 Å². The standard InChI is InChI=1S/C8H16N2/c1-5-6-7-8(2)10(4)9-3/h6-8H,3,5H2,1-2,4H3.